The van der Waals surface area contributed by atoms with Gasteiger partial charge in [-0.15, -0.1) is 0 Å². The molecule has 28 heavy (non-hydrogen) atoms. The second-order valence-electron chi connectivity index (χ2n) is 9.82. The fraction of sp³-hybridized carbons (Fsp3) is 0.571. The quantitative estimate of drug-likeness (QED) is 0.533. The second kappa shape index (κ2) is 8.15. The van der Waals surface area contributed by atoms with Crippen molar-refractivity contribution in [2.75, 3.05) is 4.90 Å². The minimum atomic E-state index is -0.915. The lowest BCUT2D eigenvalue weighted by molar-refractivity contribution is -0.134. The smallest absolute Gasteiger partial charge is 0.239 e. The highest BCUT2D eigenvalue weighted by Gasteiger charge is 2.39. The molecule has 1 aromatic carbocycles. The Morgan fingerprint density at radius 1 is 0.857 bits per heavy atom. The van der Waals surface area contributed by atoms with E-state index >= 15 is 0 Å². The Hall–Kier alpha value is -1.40. The number of nitrogens with zero attached hydrogens (tertiary/aromatic N) is 1. The van der Waals surface area contributed by atoms with E-state index in [0.29, 0.717) is 4.90 Å². The zero-order chi connectivity index (χ0) is 22.2. The maximum Gasteiger partial charge on any atom is 0.239 e. The van der Waals surface area contributed by atoms with Crippen LogP contribution in [0.3, 0.4) is 0 Å². The maximum absolute atomic E-state index is 14.8. The van der Waals surface area contributed by atoms with Crippen molar-refractivity contribution in [2.24, 2.45) is 16.2 Å². The van der Waals surface area contributed by atoms with E-state index in [1.807, 2.05) is 0 Å². The molecule has 156 valence electrons. The van der Waals surface area contributed by atoms with Crippen LogP contribution in [-0.4, -0.2) is 16.9 Å². The number of carbonyl (C=O) groups excluding carboxylic acids is 3. The van der Waals surface area contributed by atoms with Crippen LogP contribution in [0.25, 0.3) is 0 Å². The van der Waals surface area contributed by atoms with Gasteiger partial charge in [0, 0.05) is 21.1 Å². The number of hydrogen-bond donors (Lipinski definition) is 0. The molecule has 0 fully saturated rings. The number of anilines is 1. The van der Waals surface area contributed by atoms with Gasteiger partial charge in [0.25, 0.3) is 0 Å². The third-order valence-electron chi connectivity index (χ3n) is 3.75. The molecule has 0 heterocycles. The van der Waals surface area contributed by atoms with Crippen molar-refractivity contribution in [1.82, 2.24) is 0 Å². The monoisotopic (exact) mass is 429 g/mol. The molecule has 0 aliphatic heterocycles. The van der Waals surface area contributed by atoms with Gasteiger partial charge < -0.3 is 0 Å². The van der Waals surface area contributed by atoms with Gasteiger partial charge in [-0.3, -0.25) is 14.4 Å². The SMILES string of the molecule is CC(C)(C)C(=O)Sc1cc(N(C(=O)C(C)(C)C)C(=O)C(C)(C)C)c(F)cc1Cl. The molecule has 0 unspecified atom stereocenters. The van der Waals surface area contributed by atoms with Gasteiger partial charge in [0.2, 0.25) is 11.8 Å². The van der Waals surface area contributed by atoms with Gasteiger partial charge in [0.1, 0.15) is 5.82 Å². The summed E-state index contributed by atoms with van der Waals surface area (Å²) < 4.78 is 14.8. The van der Waals surface area contributed by atoms with E-state index < -0.39 is 33.9 Å². The van der Waals surface area contributed by atoms with Crippen LogP contribution in [-0.2, 0) is 14.4 Å². The first-order valence-corrected chi connectivity index (χ1v) is 10.2. The summed E-state index contributed by atoms with van der Waals surface area (Å²) in [6.45, 7) is 15.2. The van der Waals surface area contributed by atoms with Crippen LogP contribution in [0.15, 0.2) is 17.0 Å². The van der Waals surface area contributed by atoms with E-state index in [4.69, 9.17) is 11.6 Å². The number of hydrogen-bond acceptors (Lipinski definition) is 4. The lowest BCUT2D eigenvalue weighted by Crippen LogP contribution is -2.48. The summed E-state index contributed by atoms with van der Waals surface area (Å²) >= 11 is 7.01. The molecule has 2 amide bonds. The molecule has 1 rings (SSSR count). The Labute approximate surface area is 176 Å². The molecule has 7 heteroatoms. The number of halogens is 2. The van der Waals surface area contributed by atoms with Gasteiger partial charge in [-0.05, 0) is 23.9 Å². The maximum atomic E-state index is 14.8. The first-order chi connectivity index (χ1) is 12.4. The minimum Gasteiger partial charge on any atom is -0.286 e. The molecule has 0 bridgehead atoms. The summed E-state index contributed by atoms with van der Waals surface area (Å²) in [5.74, 6) is -1.87. The standard InChI is InChI=1S/C21H29ClFNO3S/c1-19(2,3)16(25)24(17(26)20(4,5)6)14-11-15(12(22)10-13(14)23)28-18(27)21(7,8)9/h10-11H,1-9H3. The Morgan fingerprint density at radius 2 is 1.29 bits per heavy atom. The Morgan fingerprint density at radius 3 is 1.64 bits per heavy atom. The first-order valence-electron chi connectivity index (χ1n) is 8.97. The summed E-state index contributed by atoms with van der Waals surface area (Å²) in [5, 5.41) is -0.113. The molecule has 0 aliphatic rings. The molecule has 1 aromatic rings. The fourth-order valence-corrected chi connectivity index (χ4v) is 3.10. The highest BCUT2D eigenvalue weighted by molar-refractivity contribution is 8.13. The molecular formula is C21H29ClFNO3S. The second-order valence-corrected chi connectivity index (χ2v) is 11.2. The van der Waals surface area contributed by atoms with Gasteiger partial charge in [-0.2, -0.15) is 0 Å². The van der Waals surface area contributed by atoms with Crippen molar-refractivity contribution < 1.29 is 18.8 Å². The predicted octanol–water partition coefficient (Wildman–Crippen LogP) is 6.10. The van der Waals surface area contributed by atoms with Crippen molar-refractivity contribution in [3.63, 3.8) is 0 Å². The lowest BCUT2D eigenvalue weighted by Gasteiger charge is -2.33. The predicted molar refractivity (Wildman–Crippen MR) is 113 cm³/mol. The Bertz CT molecular complexity index is 776. The highest BCUT2D eigenvalue weighted by atomic mass is 35.5. The number of carbonyl (C=O) groups is 3. The largest absolute Gasteiger partial charge is 0.286 e. The normalized spacial score (nSPS) is 12.7. The molecule has 0 spiro atoms. The van der Waals surface area contributed by atoms with Gasteiger partial charge in [0.15, 0.2) is 5.12 Å². The Kier molecular flexibility index (Phi) is 7.17. The van der Waals surface area contributed by atoms with Crippen molar-refractivity contribution in [2.45, 2.75) is 67.2 Å². The van der Waals surface area contributed by atoms with Crippen LogP contribution in [0.1, 0.15) is 62.3 Å². The zero-order valence-corrected chi connectivity index (χ0v) is 19.6. The van der Waals surface area contributed by atoms with Crippen LogP contribution >= 0.6 is 23.4 Å². The molecule has 0 aromatic heterocycles. The third-order valence-corrected chi connectivity index (χ3v) is 5.53. The summed E-state index contributed by atoms with van der Waals surface area (Å²) in [5.41, 5.74) is -2.67. The number of amides is 2. The van der Waals surface area contributed by atoms with Crippen LogP contribution in [0.2, 0.25) is 5.02 Å². The molecule has 0 atom stereocenters. The number of benzene rings is 1. The highest BCUT2D eigenvalue weighted by Crippen LogP contribution is 2.39. The van der Waals surface area contributed by atoms with E-state index in [1.54, 1.807) is 62.3 Å². The van der Waals surface area contributed by atoms with E-state index in [9.17, 15) is 18.8 Å². The van der Waals surface area contributed by atoms with E-state index in [2.05, 4.69) is 0 Å². The van der Waals surface area contributed by atoms with Crippen LogP contribution in [0, 0.1) is 22.1 Å². The van der Waals surface area contributed by atoms with Gasteiger partial charge >= 0.3 is 0 Å². The molecule has 0 aliphatic carbocycles. The number of rotatable bonds is 2. The van der Waals surface area contributed by atoms with Crippen molar-refractivity contribution in [3.05, 3.63) is 23.0 Å². The molecule has 0 saturated carbocycles. The van der Waals surface area contributed by atoms with Crippen molar-refractivity contribution >= 4 is 46.0 Å². The van der Waals surface area contributed by atoms with Crippen LogP contribution in [0.5, 0.6) is 0 Å². The summed E-state index contributed by atoms with van der Waals surface area (Å²) in [6, 6.07) is 2.34. The van der Waals surface area contributed by atoms with Crippen molar-refractivity contribution in [1.29, 1.82) is 0 Å². The average molecular weight is 430 g/mol. The molecule has 0 radical (unpaired) electrons. The van der Waals surface area contributed by atoms with Crippen molar-refractivity contribution in [3.8, 4) is 0 Å². The van der Waals surface area contributed by atoms with Crippen LogP contribution in [0.4, 0.5) is 10.1 Å². The summed E-state index contributed by atoms with van der Waals surface area (Å²) in [6.07, 6.45) is 0. The topological polar surface area (TPSA) is 54.5 Å². The Balaban J connectivity index is 3.61. The number of imide groups is 1. The fourth-order valence-electron chi connectivity index (χ4n) is 2.00. The summed E-state index contributed by atoms with van der Waals surface area (Å²) in [4.78, 5) is 39.6. The molecular weight excluding hydrogens is 401 g/mol. The lowest BCUT2D eigenvalue weighted by atomic mass is 9.90. The van der Waals surface area contributed by atoms with Gasteiger partial charge in [-0.25, -0.2) is 9.29 Å². The summed E-state index contributed by atoms with van der Waals surface area (Å²) in [7, 11) is 0. The van der Waals surface area contributed by atoms with E-state index in [1.165, 1.54) is 6.07 Å². The first kappa shape index (κ1) is 24.6. The van der Waals surface area contributed by atoms with Gasteiger partial charge in [0.05, 0.1) is 10.7 Å². The van der Waals surface area contributed by atoms with Crippen LogP contribution < -0.4 is 4.90 Å². The third kappa shape index (κ3) is 5.80. The molecule has 4 nitrogen and oxygen atoms in total. The minimum absolute atomic E-state index is 0.0511. The molecule has 0 N–H and O–H groups in total. The van der Waals surface area contributed by atoms with Gasteiger partial charge in [-0.1, -0.05) is 73.9 Å². The average Bonchev–Trinajstić information content (AvgIpc) is 2.48. The molecule has 0 saturated heterocycles. The van der Waals surface area contributed by atoms with E-state index in [-0.39, 0.29) is 15.8 Å². The zero-order valence-electron chi connectivity index (χ0n) is 18.0. The van der Waals surface area contributed by atoms with E-state index in [0.717, 1.165) is 22.7 Å². The number of thioether (sulfide) groups is 1.